The van der Waals surface area contributed by atoms with Crippen LogP contribution in [-0.2, 0) is 0 Å². The second-order valence-electron chi connectivity index (χ2n) is 6.89. The van der Waals surface area contributed by atoms with Gasteiger partial charge in [-0.1, -0.05) is 0 Å². The lowest BCUT2D eigenvalue weighted by molar-refractivity contribution is 0.353. The average Bonchev–Trinajstić information content (AvgIpc) is 2.60. The number of aromatic nitrogens is 3. The number of nitrogens with zero attached hydrogens (tertiary/aromatic N) is 4. The minimum atomic E-state index is 0.0949. The second kappa shape index (κ2) is 5.83. The summed E-state index contributed by atoms with van der Waals surface area (Å²) in [5.74, 6) is 0. The highest BCUT2D eigenvalue weighted by atomic mass is 15.2. The number of rotatable bonds is 2. The summed E-state index contributed by atoms with van der Waals surface area (Å²) in [4.78, 5) is 15.6. The molecule has 0 saturated carbocycles. The summed E-state index contributed by atoms with van der Waals surface area (Å²) in [6.45, 7) is 7.42. The fourth-order valence-corrected chi connectivity index (χ4v) is 3.34. The zero-order valence-electron chi connectivity index (χ0n) is 14.0. The molecule has 1 aliphatic rings. The van der Waals surface area contributed by atoms with Crippen LogP contribution in [0.4, 0.5) is 5.69 Å². The minimum absolute atomic E-state index is 0.0949. The Morgan fingerprint density at radius 1 is 1.08 bits per heavy atom. The molecule has 24 heavy (non-hydrogen) atoms. The van der Waals surface area contributed by atoms with Gasteiger partial charge in [-0.3, -0.25) is 9.97 Å². The van der Waals surface area contributed by atoms with Crippen molar-refractivity contribution in [2.24, 2.45) is 0 Å². The van der Waals surface area contributed by atoms with Crippen LogP contribution in [0.25, 0.3) is 22.2 Å². The number of pyridine rings is 3. The predicted octanol–water partition coefficient (Wildman–Crippen LogP) is 2.88. The van der Waals surface area contributed by atoms with Crippen LogP contribution >= 0.6 is 0 Å². The van der Waals surface area contributed by atoms with Gasteiger partial charge in [-0.15, -0.1) is 0 Å². The Balaban J connectivity index is 1.87. The summed E-state index contributed by atoms with van der Waals surface area (Å²) in [5.41, 5.74) is 4.29. The van der Waals surface area contributed by atoms with Gasteiger partial charge in [0.2, 0.25) is 0 Å². The molecule has 4 heterocycles. The fourth-order valence-electron chi connectivity index (χ4n) is 3.34. The van der Waals surface area contributed by atoms with Crippen LogP contribution in [-0.4, -0.2) is 40.1 Å². The molecule has 0 aromatic carbocycles. The van der Waals surface area contributed by atoms with Gasteiger partial charge in [0.25, 0.3) is 0 Å². The molecule has 0 atom stereocenters. The smallest absolute Gasteiger partial charge is 0.0913 e. The van der Waals surface area contributed by atoms with E-state index in [1.165, 1.54) is 5.69 Å². The molecule has 5 nitrogen and oxygen atoms in total. The van der Waals surface area contributed by atoms with Gasteiger partial charge in [-0.05, 0) is 38.1 Å². The Hall–Kier alpha value is -2.53. The Bertz CT molecular complexity index is 860. The summed E-state index contributed by atoms with van der Waals surface area (Å²) in [6, 6.07) is 8.24. The number of fused-ring (bicyclic) bond motifs is 1. The van der Waals surface area contributed by atoms with Gasteiger partial charge in [0.05, 0.1) is 17.4 Å². The number of anilines is 1. The van der Waals surface area contributed by atoms with Crippen molar-refractivity contribution in [3.8, 4) is 11.3 Å². The van der Waals surface area contributed by atoms with Gasteiger partial charge in [-0.25, -0.2) is 4.98 Å². The van der Waals surface area contributed by atoms with Crippen LogP contribution in [0.15, 0.2) is 49.1 Å². The molecule has 0 radical (unpaired) electrons. The van der Waals surface area contributed by atoms with E-state index in [-0.39, 0.29) is 5.54 Å². The number of hydrogen-bond donors (Lipinski definition) is 1. The van der Waals surface area contributed by atoms with Crippen molar-refractivity contribution in [3.63, 3.8) is 0 Å². The van der Waals surface area contributed by atoms with Crippen molar-refractivity contribution in [2.45, 2.75) is 19.4 Å². The van der Waals surface area contributed by atoms with Crippen LogP contribution in [0.1, 0.15) is 13.8 Å². The summed E-state index contributed by atoms with van der Waals surface area (Å²) < 4.78 is 0. The van der Waals surface area contributed by atoms with Gasteiger partial charge in [0, 0.05) is 60.4 Å². The van der Waals surface area contributed by atoms with E-state index >= 15 is 0 Å². The Morgan fingerprint density at radius 2 is 1.88 bits per heavy atom. The first-order valence-corrected chi connectivity index (χ1v) is 8.28. The topological polar surface area (TPSA) is 53.9 Å². The zero-order chi connectivity index (χ0) is 16.6. The third-order valence-electron chi connectivity index (χ3n) is 4.48. The molecule has 3 aromatic rings. The van der Waals surface area contributed by atoms with Crippen molar-refractivity contribution < 1.29 is 0 Å². The van der Waals surface area contributed by atoms with Crippen LogP contribution in [0, 0.1) is 0 Å². The lowest BCUT2D eigenvalue weighted by Gasteiger charge is -2.40. The molecule has 4 rings (SSSR count). The summed E-state index contributed by atoms with van der Waals surface area (Å²) in [6.07, 6.45) is 7.29. The van der Waals surface area contributed by atoms with E-state index in [9.17, 15) is 0 Å². The SMILES string of the molecule is CC1(C)CN(c2cc(-c3ccncc3)nc3cnccc23)CCN1. The Kier molecular flexibility index (Phi) is 3.65. The van der Waals surface area contributed by atoms with Crippen LogP contribution in [0.3, 0.4) is 0 Å². The molecule has 0 unspecified atom stereocenters. The molecule has 0 amide bonds. The van der Waals surface area contributed by atoms with Crippen LogP contribution < -0.4 is 10.2 Å². The quantitative estimate of drug-likeness (QED) is 0.787. The molecule has 0 spiro atoms. The van der Waals surface area contributed by atoms with Gasteiger partial charge >= 0.3 is 0 Å². The third kappa shape index (κ3) is 2.83. The molecule has 122 valence electrons. The van der Waals surface area contributed by atoms with Crippen molar-refractivity contribution in [1.29, 1.82) is 0 Å². The van der Waals surface area contributed by atoms with E-state index in [4.69, 9.17) is 4.98 Å². The van der Waals surface area contributed by atoms with E-state index in [1.807, 2.05) is 24.5 Å². The van der Waals surface area contributed by atoms with Gasteiger partial charge in [-0.2, -0.15) is 0 Å². The van der Waals surface area contributed by atoms with Crippen molar-refractivity contribution in [3.05, 3.63) is 49.1 Å². The number of nitrogens with one attached hydrogen (secondary N) is 1. The highest BCUT2D eigenvalue weighted by Crippen LogP contribution is 2.31. The lowest BCUT2D eigenvalue weighted by Crippen LogP contribution is -2.57. The molecule has 1 aliphatic heterocycles. The number of hydrogen-bond acceptors (Lipinski definition) is 5. The Labute approximate surface area is 141 Å². The molecular formula is C19H21N5. The first kappa shape index (κ1) is 15.0. The van der Waals surface area contributed by atoms with E-state index in [1.54, 1.807) is 12.4 Å². The summed E-state index contributed by atoms with van der Waals surface area (Å²) in [5, 5.41) is 4.73. The van der Waals surface area contributed by atoms with E-state index < -0.39 is 0 Å². The maximum atomic E-state index is 4.80. The molecule has 0 aliphatic carbocycles. The molecular weight excluding hydrogens is 298 g/mol. The largest absolute Gasteiger partial charge is 0.368 e. The van der Waals surface area contributed by atoms with Crippen molar-refractivity contribution >= 4 is 16.6 Å². The van der Waals surface area contributed by atoms with E-state index in [0.29, 0.717) is 0 Å². The zero-order valence-corrected chi connectivity index (χ0v) is 14.0. The standard InChI is InChI=1S/C19H21N5/c1-19(2)13-24(10-9-22-19)18-11-16(14-3-6-20-7-4-14)23-17-12-21-8-5-15(17)18/h3-8,11-12,22H,9-10,13H2,1-2H3. The average molecular weight is 319 g/mol. The molecule has 1 fully saturated rings. The van der Waals surface area contributed by atoms with Gasteiger partial charge in [0.1, 0.15) is 0 Å². The monoisotopic (exact) mass is 319 g/mol. The van der Waals surface area contributed by atoms with Crippen molar-refractivity contribution in [1.82, 2.24) is 20.3 Å². The summed E-state index contributed by atoms with van der Waals surface area (Å²) >= 11 is 0. The molecule has 5 heteroatoms. The first-order chi connectivity index (χ1) is 11.6. The van der Waals surface area contributed by atoms with Crippen LogP contribution in [0.5, 0.6) is 0 Å². The molecule has 1 saturated heterocycles. The lowest BCUT2D eigenvalue weighted by atomic mass is 10.0. The van der Waals surface area contributed by atoms with Gasteiger partial charge in [0.15, 0.2) is 0 Å². The molecule has 0 bridgehead atoms. The highest BCUT2D eigenvalue weighted by molar-refractivity contribution is 5.93. The predicted molar refractivity (Wildman–Crippen MR) is 97.1 cm³/mol. The normalized spacial score (nSPS) is 17.2. The second-order valence-corrected chi connectivity index (χ2v) is 6.89. The Morgan fingerprint density at radius 3 is 2.67 bits per heavy atom. The van der Waals surface area contributed by atoms with Crippen molar-refractivity contribution in [2.75, 3.05) is 24.5 Å². The maximum Gasteiger partial charge on any atom is 0.0913 e. The van der Waals surface area contributed by atoms with Crippen LogP contribution in [0.2, 0.25) is 0 Å². The van der Waals surface area contributed by atoms with E-state index in [2.05, 4.69) is 46.2 Å². The molecule has 1 N–H and O–H groups in total. The maximum absolute atomic E-state index is 4.80. The molecule has 3 aromatic heterocycles. The third-order valence-corrected chi connectivity index (χ3v) is 4.48. The fraction of sp³-hybridized carbons (Fsp3) is 0.316. The van der Waals surface area contributed by atoms with Gasteiger partial charge < -0.3 is 10.2 Å². The number of piperazine rings is 1. The minimum Gasteiger partial charge on any atom is -0.368 e. The first-order valence-electron chi connectivity index (χ1n) is 8.28. The highest BCUT2D eigenvalue weighted by Gasteiger charge is 2.27. The summed E-state index contributed by atoms with van der Waals surface area (Å²) in [7, 11) is 0. The van der Waals surface area contributed by atoms with E-state index in [0.717, 1.165) is 41.8 Å².